The van der Waals surface area contributed by atoms with E-state index >= 15 is 0 Å². The third kappa shape index (κ3) is 11.7. The molecule has 0 saturated carbocycles. The van der Waals surface area contributed by atoms with E-state index in [0.717, 1.165) is 0 Å². The average molecular weight is 211 g/mol. The van der Waals surface area contributed by atoms with Crippen molar-refractivity contribution in [2.45, 2.75) is 18.9 Å². The maximum absolute atomic E-state index is 11.6. The fourth-order valence-corrected chi connectivity index (χ4v) is 1.12. The van der Waals surface area contributed by atoms with Crippen LogP contribution in [0.3, 0.4) is 0 Å². The van der Waals surface area contributed by atoms with E-state index in [2.05, 4.69) is 17.2 Å². The summed E-state index contributed by atoms with van der Waals surface area (Å²) in [7, 11) is 0. The number of nitrogens with one attached hydrogen (secondary N) is 1. The Morgan fingerprint density at radius 3 is 2.54 bits per heavy atom. The van der Waals surface area contributed by atoms with Crippen LogP contribution in [0.15, 0.2) is 0 Å². The van der Waals surface area contributed by atoms with Gasteiger partial charge < -0.3 is 5.32 Å². The molecule has 1 nitrogen and oxygen atoms in total. The maximum Gasteiger partial charge on any atom is 0.441 e. The zero-order chi connectivity index (χ0) is 10.2. The molecule has 0 bridgehead atoms. The van der Waals surface area contributed by atoms with Gasteiger partial charge in [-0.2, -0.15) is 13.2 Å². The minimum absolute atomic E-state index is 0.00117. The monoisotopic (exact) mass is 211 g/mol. The van der Waals surface area contributed by atoms with Gasteiger partial charge in [-0.15, -0.1) is 11.8 Å². The van der Waals surface area contributed by atoms with Crippen molar-refractivity contribution < 1.29 is 13.2 Å². The standard InChI is InChI=1S/C8H12F3NS/c1-2-3-4-5-12-6-7-13-8(9,10)11/h12H,4-7H2,1H3. The van der Waals surface area contributed by atoms with Gasteiger partial charge in [-0.25, -0.2) is 0 Å². The molecule has 0 saturated heterocycles. The van der Waals surface area contributed by atoms with Crippen LogP contribution in [-0.4, -0.2) is 24.4 Å². The second-order valence-corrected chi connectivity index (χ2v) is 3.38. The molecule has 5 heteroatoms. The van der Waals surface area contributed by atoms with Gasteiger partial charge in [-0.3, -0.25) is 0 Å². The van der Waals surface area contributed by atoms with Gasteiger partial charge in [-0.05, 0) is 18.7 Å². The second kappa shape index (κ2) is 7.10. The van der Waals surface area contributed by atoms with E-state index in [1.807, 2.05) is 0 Å². The zero-order valence-corrected chi connectivity index (χ0v) is 8.19. The van der Waals surface area contributed by atoms with Crippen molar-refractivity contribution >= 4 is 11.8 Å². The van der Waals surface area contributed by atoms with Gasteiger partial charge in [0.15, 0.2) is 0 Å². The molecule has 0 spiro atoms. The van der Waals surface area contributed by atoms with Crippen LogP contribution >= 0.6 is 11.8 Å². The van der Waals surface area contributed by atoms with Crippen LogP contribution < -0.4 is 5.32 Å². The Bertz CT molecular complexity index is 180. The number of halogens is 3. The summed E-state index contributed by atoms with van der Waals surface area (Å²) in [5.41, 5.74) is -4.11. The van der Waals surface area contributed by atoms with E-state index in [4.69, 9.17) is 0 Å². The highest BCUT2D eigenvalue weighted by Crippen LogP contribution is 2.29. The van der Waals surface area contributed by atoms with Gasteiger partial charge in [0, 0.05) is 25.3 Å². The number of hydrogen-bond acceptors (Lipinski definition) is 2. The second-order valence-electron chi connectivity index (χ2n) is 2.22. The molecule has 0 aromatic heterocycles. The molecule has 0 amide bonds. The summed E-state index contributed by atoms with van der Waals surface area (Å²) in [5.74, 6) is 5.58. The Labute approximate surface area is 80.5 Å². The minimum atomic E-state index is -4.11. The molecule has 0 aromatic rings. The molecule has 0 aliphatic rings. The number of alkyl halides is 3. The lowest BCUT2D eigenvalue weighted by Crippen LogP contribution is -2.19. The third-order valence-electron chi connectivity index (χ3n) is 1.15. The molecule has 0 aliphatic carbocycles. The molecule has 0 atom stereocenters. The maximum atomic E-state index is 11.6. The van der Waals surface area contributed by atoms with Crippen LogP contribution in [0.25, 0.3) is 0 Å². The Kier molecular flexibility index (Phi) is 6.92. The van der Waals surface area contributed by atoms with Gasteiger partial charge in [0.1, 0.15) is 0 Å². The Balaban J connectivity index is 3.12. The number of thioether (sulfide) groups is 1. The van der Waals surface area contributed by atoms with Gasteiger partial charge in [-0.1, -0.05) is 0 Å². The topological polar surface area (TPSA) is 12.0 Å². The highest BCUT2D eigenvalue weighted by atomic mass is 32.2. The molecular weight excluding hydrogens is 199 g/mol. The SMILES string of the molecule is CC#CCCNCCSC(F)(F)F. The Morgan fingerprint density at radius 2 is 2.00 bits per heavy atom. The molecule has 76 valence electrons. The van der Waals surface area contributed by atoms with Crippen molar-refractivity contribution in [3.63, 3.8) is 0 Å². The van der Waals surface area contributed by atoms with Crippen molar-refractivity contribution in [3.05, 3.63) is 0 Å². The summed E-state index contributed by atoms with van der Waals surface area (Å²) < 4.78 is 34.8. The molecular formula is C8H12F3NS. The van der Waals surface area contributed by atoms with Gasteiger partial charge in [0.05, 0.1) is 0 Å². The first-order valence-electron chi connectivity index (χ1n) is 3.87. The summed E-state index contributed by atoms with van der Waals surface area (Å²) in [4.78, 5) is 0. The number of hydrogen-bond donors (Lipinski definition) is 1. The van der Waals surface area contributed by atoms with E-state index in [1.165, 1.54) is 0 Å². The van der Waals surface area contributed by atoms with E-state index in [-0.39, 0.29) is 17.5 Å². The van der Waals surface area contributed by atoms with Crippen LogP contribution in [0, 0.1) is 11.8 Å². The predicted octanol–water partition coefficient (Wildman–Crippen LogP) is 2.24. The quantitative estimate of drug-likeness (QED) is 0.553. The van der Waals surface area contributed by atoms with Crippen molar-refractivity contribution in [2.24, 2.45) is 0 Å². The summed E-state index contributed by atoms with van der Waals surface area (Å²) in [5, 5.41) is 2.87. The molecule has 13 heavy (non-hydrogen) atoms. The minimum Gasteiger partial charge on any atom is -0.315 e. The van der Waals surface area contributed by atoms with Crippen molar-refractivity contribution in [2.75, 3.05) is 18.8 Å². The number of rotatable bonds is 5. The molecule has 0 aromatic carbocycles. The first-order valence-corrected chi connectivity index (χ1v) is 4.86. The van der Waals surface area contributed by atoms with Gasteiger partial charge >= 0.3 is 5.51 Å². The van der Waals surface area contributed by atoms with E-state index in [1.54, 1.807) is 6.92 Å². The van der Waals surface area contributed by atoms with Crippen LogP contribution in [0.1, 0.15) is 13.3 Å². The lowest BCUT2D eigenvalue weighted by molar-refractivity contribution is -0.0327. The van der Waals surface area contributed by atoms with E-state index in [0.29, 0.717) is 19.5 Å². The highest BCUT2D eigenvalue weighted by Gasteiger charge is 2.27. The first kappa shape index (κ1) is 12.7. The van der Waals surface area contributed by atoms with Gasteiger partial charge in [0.25, 0.3) is 0 Å². The van der Waals surface area contributed by atoms with Crippen molar-refractivity contribution in [3.8, 4) is 11.8 Å². The predicted molar refractivity (Wildman–Crippen MR) is 49.4 cm³/mol. The molecule has 1 N–H and O–H groups in total. The van der Waals surface area contributed by atoms with Gasteiger partial charge in [0.2, 0.25) is 0 Å². The highest BCUT2D eigenvalue weighted by molar-refractivity contribution is 8.00. The first-order chi connectivity index (χ1) is 6.06. The fourth-order valence-electron chi connectivity index (χ4n) is 0.640. The zero-order valence-electron chi connectivity index (χ0n) is 7.37. The normalized spacial score (nSPS) is 10.8. The van der Waals surface area contributed by atoms with Crippen molar-refractivity contribution in [1.29, 1.82) is 0 Å². The fraction of sp³-hybridized carbons (Fsp3) is 0.750. The Morgan fingerprint density at radius 1 is 1.31 bits per heavy atom. The summed E-state index contributed by atoms with van der Waals surface area (Å²) in [6.07, 6.45) is 0.688. The third-order valence-corrected chi connectivity index (χ3v) is 1.88. The lowest BCUT2D eigenvalue weighted by Gasteiger charge is -2.05. The summed E-state index contributed by atoms with van der Waals surface area (Å²) >= 11 is -0.00117. The van der Waals surface area contributed by atoms with Crippen LogP contribution in [0.5, 0.6) is 0 Å². The molecule has 0 aliphatic heterocycles. The van der Waals surface area contributed by atoms with E-state index in [9.17, 15) is 13.2 Å². The molecule has 0 radical (unpaired) electrons. The average Bonchev–Trinajstić information content (AvgIpc) is 2.01. The summed E-state index contributed by atoms with van der Waals surface area (Å²) in [6, 6.07) is 0. The van der Waals surface area contributed by atoms with Crippen molar-refractivity contribution in [1.82, 2.24) is 5.32 Å². The smallest absolute Gasteiger partial charge is 0.315 e. The molecule has 0 unspecified atom stereocenters. The molecule has 0 fully saturated rings. The summed E-state index contributed by atoms with van der Waals surface area (Å²) in [6.45, 7) is 2.76. The largest absolute Gasteiger partial charge is 0.441 e. The molecule has 0 heterocycles. The Hall–Kier alpha value is -0.340. The molecule has 0 rings (SSSR count). The van der Waals surface area contributed by atoms with E-state index < -0.39 is 5.51 Å². The van der Waals surface area contributed by atoms with Crippen LogP contribution in [0.2, 0.25) is 0 Å². The van der Waals surface area contributed by atoms with Crippen LogP contribution in [-0.2, 0) is 0 Å². The van der Waals surface area contributed by atoms with Crippen LogP contribution in [0.4, 0.5) is 13.2 Å². The lowest BCUT2D eigenvalue weighted by atomic mass is 10.4.